The van der Waals surface area contributed by atoms with Crippen LogP contribution in [0.15, 0.2) is 30.6 Å². The van der Waals surface area contributed by atoms with Crippen LogP contribution < -0.4 is 0 Å². The highest BCUT2D eigenvalue weighted by Gasteiger charge is 2.55. The lowest BCUT2D eigenvalue weighted by atomic mass is 9.75. The number of H-pyrrole nitrogens is 1. The number of hydrogen-bond donors (Lipinski definition) is 1. The summed E-state index contributed by atoms with van der Waals surface area (Å²) >= 11 is 0. The summed E-state index contributed by atoms with van der Waals surface area (Å²) in [6, 6.07) is 4.42. The lowest BCUT2D eigenvalue weighted by Crippen LogP contribution is -2.60. The van der Waals surface area contributed by atoms with Gasteiger partial charge in [-0.15, -0.1) is 0 Å². The first-order valence-electron chi connectivity index (χ1n) is 9.13. The molecule has 0 spiro atoms. The van der Waals surface area contributed by atoms with Gasteiger partial charge in [-0.25, -0.2) is 13.8 Å². The van der Waals surface area contributed by atoms with E-state index in [-0.39, 0.29) is 23.9 Å². The van der Waals surface area contributed by atoms with Crippen molar-refractivity contribution in [1.29, 1.82) is 0 Å². The van der Waals surface area contributed by atoms with E-state index in [0.717, 1.165) is 32.0 Å². The van der Waals surface area contributed by atoms with Gasteiger partial charge in [0.25, 0.3) is 5.91 Å². The number of hydrogen-bond acceptors (Lipinski definition) is 3. The van der Waals surface area contributed by atoms with Gasteiger partial charge < -0.3 is 9.88 Å². The first-order valence-corrected chi connectivity index (χ1v) is 9.13. The van der Waals surface area contributed by atoms with Gasteiger partial charge >= 0.3 is 0 Å². The number of imidazole rings is 1. The van der Waals surface area contributed by atoms with Gasteiger partial charge in [-0.05, 0) is 43.5 Å². The minimum atomic E-state index is -0.828. The number of fused-ring (bicyclic) bond motifs is 2. The van der Waals surface area contributed by atoms with Crippen LogP contribution in [0.4, 0.5) is 8.78 Å². The lowest BCUT2D eigenvalue weighted by molar-refractivity contribution is -0.00392. The predicted octanol–water partition coefficient (Wildman–Crippen LogP) is 2.39. The molecule has 1 amide bonds. The summed E-state index contributed by atoms with van der Waals surface area (Å²) in [4.78, 5) is 24.2. The Labute approximate surface area is 150 Å². The van der Waals surface area contributed by atoms with Crippen LogP contribution in [-0.2, 0) is 0 Å². The minimum absolute atomic E-state index is 0.0303. The molecule has 4 aliphatic rings. The molecule has 7 heteroatoms. The quantitative estimate of drug-likeness (QED) is 0.897. The van der Waals surface area contributed by atoms with Gasteiger partial charge in [0.15, 0.2) is 17.5 Å². The monoisotopic (exact) mass is 358 g/mol. The number of piperidine rings is 3. The van der Waals surface area contributed by atoms with Crippen LogP contribution in [0.1, 0.15) is 34.9 Å². The van der Waals surface area contributed by atoms with Crippen molar-refractivity contribution >= 4 is 5.91 Å². The molecule has 5 heterocycles. The van der Waals surface area contributed by atoms with E-state index in [4.69, 9.17) is 0 Å². The second kappa shape index (κ2) is 5.87. The highest BCUT2D eigenvalue weighted by atomic mass is 19.2. The third-order valence-electron chi connectivity index (χ3n) is 6.34. The molecule has 136 valence electrons. The van der Waals surface area contributed by atoms with Gasteiger partial charge in [-0.1, -0.05) is 12.1 Å². The number of halogens is 2. The summed E-state index contributed by atoms with van der Waals surface area (Å²) in [6.07, 6.45) is 5.27. The molecule has 5 nitrogen and oxygen atoms in total. The zero-order valence-electron chi connectivity index (χ0n) is 14.2. The molecule has 2 aromatic rings. The zero-order chi connectivity index (χ0) is 17.8. The first-order chi connectivity index (χ1) is 12.6. The summed E-state index contributed by atoms with van der Waals surface area (Å²) in [7, 11) is 0. The molecule has 0 unspecified atom stereocenters. The second-order valence-corrected chi connectivity index (χ2v) is 7.50. The van der Waals surface area contributed by atoms with Gasteiger partial charge in [0.05, 0.1) is 6.04 Å². The summed E-state index contributed by atoms with van der Waals surface area (Å²) in [6.45, 7) is 2.31. The van der Waals surface area contributed by atoms with Gasteiger partial charge in [0, 0.05) is 30.9 Å². The average molecular weight is 358 g/mol. The number of carbonyl (C=O) groups is 1. The van der Waals surface area contributed by atoms with E-state index in [0.29, 0.717) is 23.9 Å². The molecular formula is C19H20F2N4O. The molecule has 4 saturated heterocycles. The van der Waals surface area contributed by atoms with Crippen molar-refractivity contribution < 1.29 is 13.6 Å². The average Bonchev–Trinajstić information content (AvgIpc) is 3.33. The Morgan fingerprint density at radius 1 is 1.19 bits per heavy atom. The van der Waals surface area contributed by atoms with Crippen LogP contribution in [0.25, 0.3) is 0 Å². The number of aromatic amines is 1. The van der Waals surface area contributed by atoms with Gasteiger partial charge in [-0.2, -0.15) is 0 Å². The van der Waals surface area contributed by atoms with Crippen LogP contribution in [0.5, 0.6) is 0 Å². The van der Waals surface area contributed by atoms with Crippen LogP contribution in [0.2, 0.25) is 0 Å². The third kappa shape index (κ3) is 2.23. The van der Waals surface area contributed by atoms with Crippen LogP contribution in [0.3, 0.4) is 0 Å². The Kier molecular flexibility index (Phi) is 3.60. The predicted molar refractivity (Wildman–Crippen MR) is 90.6 cm³/mol. The molecule has 6 rings (SSSR count). The SMILES string of the molecule is O=C(c1ncc[nH]1)N1C[C@@H](c2cccc(F)c2F)[C@@H]2[C@H]1C1CCN2CC1. The number of rotatable bonds is 2. The molecule has 0 saturated carbocycles. The van der Waals surface area contributed by atoms with Crippen molar-refractivity contribution in [2.24, 2.45) is 5.92 Å². The molecule has 0 radical (unpaired) electrons. The van der Waals surface area contributed by atoms with E-state index in [2.05, 4.69) is 14.9 Å². The fraction of sp³-hybridized carbons (Fsp3) is 0.474. The summed E-state index contributed by atoms with van der Waals surface area (Å²) in [5.41, 5.74) is 0.377. The molecule has 1 aromatic carbocycles. The molecule has 2 bridgehead atoms. The van der Waals surface area contributed by atoms with E-state index in [1.54, 1.807) is 24.5 Å². The molecule has 0 aliphatic carbocycles. The summed E-state index contributed by atoms with van der Waals surface area (Å²) < 4.78 is 28.4. The number of carbonyl (C=O) groups excluding carboxylic acids is 1. The number of aromatic nitrogens is 2. The van der Waals surface area contributed by atoms with Crippen molar-refractivity contribution in [3.8, 4) is 0 Å². The first kappa shape index (κ1) is 15.9. The minimum Gasteiger partial charge on any atom is -0.341 e. The molecular weight excluding hydrogens is 338 g/mol. The van der Waals surface area contributed by atoms with Crippen molar-refractivity contribution in [1.82, 2.24) is 19.8 Å². The highest BCUT2D eigenvalue weighted by molar-refractivity contribution is 5.91. The Hall–Kier alpha value is -2.28. The third-order valence-corrected chi connectivity index (χ3v) is 6.34. The smallest absolute Gasteiger partial charge is 0.289 e. The van der Waals surface area contributed by atoms with Gasteiger partial charge in [0.2, 0.25) is 0 Å². The van der Waals surface area contributed by atoms with Crippen molar-refractivity contribution in [2.45, 2.75) is 30.8 Å². The van der Waals surface area contributed by atoms with E-state index in [9.17, 15) is 13.6 Å². The van der Waals surface area contributed by atoms with E-state index >= 15 is 0 Å². The molecule has 3 atom stereocenters. The van der Waals surface area contributed by atoms with E-state index < -0.39 is 11.6 Å². The maximum Gasteiger partial charge on any atom is 0.289 e. The Bertz CT molecular complexity index is 832. The zero-order valence-corrected chi connectivity index (χ0v) is 14.2. The van der Waals surface area contributed by atoms with E-state index in [1.807, 2.05) is 4.90 Å². The second-order valence-electron chi connectivity index (χ2n) is 7.50. The normalized spacial score (nSPS) is 32.7. The van der Waals surface area contributed by atoms with Gasteiger partial charge in [0.1, 0.15) is 0 Å². The molecule has 26 heavy (non-hydrogen) atoms. The number of amides is 1. The molecule has 4 fully saturated rings. The fourth-order valence-electron chi connectivity index (χ4n) is 5.25. The van der Waals surface area contributed by atoms with Crippen LogP contribution in [0, 0.1) is 17.6 Å². The highest BCUT2D eigenvalue weighted by Crippen LogP contribution is 2.47. The largest absolute Gasteiger partial charge is 0.341 e. The van der Waals surface area contributed by atoms with E-state index in [1.165, 1.54) is 0 Å². The summed E-state index contributed by atoms with van der Waals surface area (Å²) in [5, 5.41) is 0. The topological polar surface area (TPSA) is 52.2 Å². The Morgan fingerprint density at radius 2 is 2.00 bits per heavy atom. The maximum atomic E-state index is 14.5. The van der Waals surface area contributed by atoms with Crippen LogP contribution in [-0.4, -0.2) is 57.4 Å². The Morgan fingerprint density at radius 3 is 2.73 bits per heavy atom. The van der Waals surface area contributed by atoms with Crippen LogP contribution >= 0.6 is 0 Å². The molecule has 4 aliphatic heterocycles. The van der Waals surface area contributed by atoms with Crippen molar-refractivity contribution in [3.05, 3.63) is 53.6 Å². The van der Waals surface area contributed by atoms with Gasteiger partial charge in [-0.3, -0.25) is 9.69 Å². The standard InChI is InChI=1S/C19H20F2N4O/c20-14-3-1-2-12(15(14)21)13-10-25(19(26)18-22-6-7-23-18)16-11-4-8-24(9-5-11)17(13)16/h1-3,6-7,11,13,16-17H,4-5,8-10H2,(H,22,23)/t13-,16+,17+/m0/s1. The molecule has 1 N–H and O–H groups in total. The lowest BCUT2D eigenvalue weighted by Gasteiger charge is -2.51. The maximum absolute atomic E-state index is 14.5. The molecule has 1 aromatic heterocycles. The fourth-order valence-corrected chi connectivity index (χ4v) is 5.25. The van der Waals surface area contributed by atoms with Crippen molar-refractivity contribution in [2.75, 3.05) is 19.6 Å². The van der Waals surface area contributed by atoms with Crippen molar-refractivity contribution in [3.63, 3.8) is 0 Å². The number of benzene rings is 1. The number of nitrogens with zero attached hydrogens (tertiary/aromatic N) is 3. The Balaban J connectivity index is 1.57. The number of nitrogens with one attached hydrogen (secondary N) is 1. The number of likely N-dealkylation sites (tertiary alicyclic amines) is 1. The summed E-state index contributed by atoms with van der Waals surface area (Å²) in [5.74, 6) is -1.28.